The van der Waals surface area contributed by atoms with Gasteiger partial charge < -0.3 is 30.9 Å². The van der Waals surface area contributed by atoms with Crippen LogP contribution in [0.15, 0.2) is 127 Å². The Balaban J connectivity index is 1.15. The molecule has 4 heterocycles. The fraction of sp³-hybridized carbons (Fsp3) is 0.160. The molecule has 2 aliphatic rings. The normalized spacial score (nSPS) is 15.5. The van der Waals surface area contributed by atoms with Crippen molar-refractivity contribution in [3.05, 3.63) is 255 Å². The van der Waals surface area contributed by atoms with Crippen LogP contribution in [0.5, 0.6) is 23.0 Å². The number of carbonyl (C=O) groups is 7. The number of ether oxygens (including phenoxy) is 1. The number of carboxylic acid groups (broad SMARTS) is 1. The summed E-state index contributed by atoms with van der Waals surface area (Å²) in [6.07, 6.45) is 0.906. The van der Waals surface area contributed by atoms with Crippen LogP contribution in [0.1, 0.15) is 131 Å². The lowest BCUT2D eigenvalue weighted by molar-refractivity contribution is -0.138. The number of halogens is 12. The van der Waals surface area contributed by atoms with Crippen LogP contribution in [0.25, 0.3) is 38.3 Å². The molecule has 0 bridgehead atoms. The zero-order valence-corrected chi connectivity index (χ0v) is 57.2. The van der Waals surface area contributed by atoms with Gasteiger partial charge in [0.25, 0.3) is 23.6 Å². The van der Waals surface area contributed by atoms with Crippen molar-refractivity contribution in [1.82, 2.24) is 18.2 Å². The molecule has 530 valence electrons. The quantitative estimate of drug-likeness (QED) is 0.0295. The van der Waals surface area contributed by atoms with Crippen LogP contribution in [0.2, 0.25) is 20.1 Å². The predicted molar refractivity (Wildman–Crippen MR) is 367 cm³/mol. The van der Waals surface area contributed by atoms with Gasteiger partial charge >= 0.3 is 17.8 Å². The Labute approximate surface area is 601 Å². The number of nitrogens with two attached hydrogens (primary N) is 1. The second-order valence-electron chi connectivity index (χ2n) is 25.1. The molecule has 4 unspecified atom stereocenters. The van der Waals surface area contributed by atoms with Gasteiger partial charge in [0.05, 0.1) is 44.5 Å². The second kappa shape index (κ2) is 26.5. The molecule has 0 saturated heterocycles. The van der Waals surface area contributed by atoms with Gasteiger partial charge in [0.15, 0.2) is 69.5 Å². The van der Waals surface area contributed by atoms with Gasteiger partial charge in [0, 0.05) is 107 Å². The first-order valence-electron chi connectivity index (χ1n) is 31.5. The number of nitrogens with zero attached hydrogens (tertiary/aromatic N) is 4. The van der Waals surface area contributed by atoms with Crippen LogP contribution in [0.3, 0.4) is 0 Å². The first kappa shape index (κ1) is 71.6. The molecular formula is C75H50Cl4F8N5O12+. The molecule has 13 rings (SSSR count). The topological polar surface area (TPSA) is 250 Å². The number of aromatic hydroxyl groups is 3. The number of primary amides is 1. The molecule has 2 amide bonds. The lowest BCUT2D eigenvalue weighted by atomic mass is 9.83. The number of aliphatic carboxylic acids is 1. The molecule has 11 aromatic rings. The largest absolute Gasteiger partial charge is 0.503 e. The zero-order chi connectivity index (χ0) is 75.0. The standard InChI is InChI=1S/C75H49Cl4F8N5O12/c1-29-50(55-46(25-42(80)65(93)60(55)84)89(29)70(97)34-9-17-38(76)18-10-34)54(33-7-5-6-8-33)75(103)104-68-45(83)28-49-58(63(68)87)53(59(74(101)102)51-30(2)90(71(98)35-11-19-39(77)20-12-35)47-26-43(81)66(94)61(85)56(47)51)32(4)92(49,73(100)37-15-23-41(79)24-16-37)64(69(88)96)52-31(3)91(72(99)36-13-21-40(78)22-14-36)48-27-44(82)67(95)62(86)57(48)52/h9-28,33,54,59,64H,5-8H2,1-4H3,(H5-,88,93,94,95,96,101,102)/p+1. The summed E-state index contributed by atoms with van der Waals surface area (Å²) < 4.78 is 144. The minimum absolute atomic E-state index is 0.0692. The molecule has 29 heteroatoms. The third-order valence-corrected chi connectivity index (χ3v) is 20.6. The average molecular weight is 1510 g/mol. The SMILES string of the molecule is CC1=C(C(C(=O)O)c2c(C)n(C(=O)c3ccc(Cl)cc3)c3cc(F)c(O)c(F)c23)c2c(cc(F)c(OC(=O)C(c3c(C)n(C(=O)c4ccc(Cl)cc4)c4cc(F)c(O)c(F)c34)C3CCCC3)c2F)[N+]1(C(=O)c1ccc(Cl)cc1)C(C(N)=O)c1c(C)n(C(=O)c2ccc(Cl)cc2)c2cc(F)c(O)c(F)c12. The number of benzene rings is 8. The highest BCUT2D eigenvalue weighted by atomic mass is 35.5. The fourth-order valence-electron chi connectivity index (χ4n) is 15.1. The molecule has 4 atom stereocenters. The fourth-order valence-corrected chi connectivity index (χ4v) is 15.6. The van der Waals surface area contributed by atoms with Gasteiger partial charge in [-0.1, -0.05) is 59.2 Å². The number of fused-ring (bicyclic) bond motifs is 4. The summed E-state index contributed by atoms with van der Waals surface area (Å²) in [5, 5.41) is 42.8. The molecule has 1 aliphatic heterocycles. The van der Waals surface area contributed by atoms with E-state index in [0.29, 0.717) is 40.2 Å². The molecule has 104 heavy (non-hydrogen) atoms. The third-order valence-electron chi connectivity index (χ3n) is 19.6. The van der Waals surface area contributed by atoms with Gasteiger partial charge in [-0.15, -0.1) is 0 Å². The highest BCUT2D eigenvalue weighted by Gasteiger charge is 2.63. The molecule has 0 radical (unpaired) electrons. The number of aromatic nitrogens is 3. The van der Waals surface area contributed by atoms with E-state index < -0.39 is 228 Å². The number of amides is 2. The first-order chi connectivity index (χ1) is 49.3. The average Bonchev–Trinajstić information content (AvgIpc) is 1.51. The smallest absolute Gasteiger partial charge is 0.356 e. The number of hydrogen-bond acceptors (Lipinski definition) is 11. The van der Waals surface area contributed by atoms with E-state index in [1.54, 1.807) is 0 Å². The number of phenolic OH excluding ortho intramolecular Hbond substituents is 3. The van der Waals surface area contributed by atoms with Crippen LogP contribution in [0.4, 0.5) is 40.8 Å². The van der Waals surface area contributed by atoms with E-state index in [0.717, 1.165) is 49.6 Å². The molecule has 8 aromatic carbocycles. The van der Waals surface area contributed by atoms with E-state index in [1.165, 1.54) is 79.7 Å². The Morgan fingerprint density at radius 2 is 0.856 bits per heavy atom. The van der Waals surface area contributed by atoms with Crippen LogP contribution in [-0.2, 0) is 14.4 Å². The Bertz CT molecular complexity index is 5680. The Morgan fingerprint density at radius 1 is 0.500 bits per heavy atom. The molecule has 6 N–H and O–H groups in total. The van der Waals surface area contributed by atoms with E-state index in [4.69, 9.17) is 56.9 Å². The van der Waals surface area contributed by atoms with Crippen molar-refractivity contribution in [3.63, 3.8) is 0 Å². The number of esters is 1. The summed E-state index contributed by atoms with van der Waals surface area (Å²) in [5.74, 6) is -37.9. The Hall–Kier alpha value is -10.8. The number of phenols is 3. The maximum atomic E-state index is 19.7. The first-order valence-corrected chi connectivity index (χ1v) is 33.0. The van der Waals surface area contributed by atoms with E-state index in [1.807, 2.05) is 0 Å². The van der Waals surface area contributed by atoms with Crippen molar-refractivity contribution < 1.29 is 93.8 Å². The van der Waals surface area contributed by atoms with E-state index in [9.17, 15) is 34.8 Å². The van der Waals surface area contributed by atoms with Crippen LogP contribution >= 0.6 is 46.4 Å². The summed E-state index contributed by atoms with van der Waals surface area (Å²) in [5.41, 5.74) is -5.37. The van der Waals surface area contributed by atoms with Crippen molar-refractivity contribution >= 4 is 132 Å². The lowest BCUT2D eigenvalue weighted by Gasteiger charge is -2.39. The van der Waals surface area contributed by atoms with Gasteiger partial charge in [0.1, 0.15) is 11.6 Å². The van der Waals surface area contributed by atoms with Crippen molar-refractivity contribution in [2.45, 2.75) is 71.3 Å². The monoisotopic (exact) mass is 1500 g/mol. The van der Waals surface area contributed by atoms with Gasteiger partial charge in [-0.2, -0.15) is 4.48 Å². The summed E-state index contributed by atoms with van der Waals surface area (Å²) in [7, 11) is 0. The molecule has 1 aliphatic carbocycles. The van der Waals surface area contributed by atoms with Crippen LogP contribution in [0, 0.1) is 73.2 Å². The van der Waals surface area contributed by atoms with Gasteiger partial charge in [-0.3, -0.25) is 42.5 Å². The number of carbonyl (C=O) groups excluding carboxylic acids is 6. The van der Waals surface area contributed by atoms with Crippen molar-refractivity contribution in [2.24, 2.45) is 11.7 Å². The minimum Gasteiger partial charge on any atom is -0.503 e. The maximum Gasteiger partial charge on any atom is 0.356 e. The Morgan fingerprint density at radius 3 is 1.24 bits per heavy atom. The summed E-state index contributed by atoms with van der Waals surface area (Å²) in [4.78, 5) is 108. The molecule has 17 nitrogen and oxygen atoms in total. The summed E-state index contributed by atoms with van der Waals surface area (Å²) >= 11 is 24.9. The maximum absolute atomic E-state index is 19.7. The van der Waals surface area contributed by atoms with Crippen LogP contribution < -0.4 is 15.0 Å². The predicted octanol–water partition coefficient (Wildman–Crippen LogP) is 17.3. The molecule has 3 aromatic heterocycles. The van der Waals surface area contributed by atoms with Gasteiger partial charge in [-0.05, 0) is 142 Å². The number of allylic oxidation sites excluding steroid dienone is 1. The minimum atomic E-state index is -2.89. The van der Waals surface area contributed by atoms with Gasteiger partial charge in [-0.25, -0.2) is 39.9 Å². The van der Waals surface area contributed by atoms with Gasteiger partial charge in [0.2, 0.25) is 11.8 Å². The highest BCUT2D eigenvalue weighted by Crippen LogP contribution is 2.61. The molecule has 0 spiro atoms. The molecular weight excluding hydrogens is 1460 g/mol. The van der Waals surface area contributed by atoms with E-state index in [-0.39, 0.29) is 61.4 Å². The third kappa shape index (κ3) is 11.0. The summed E-state index contributed by atoms with van der Waals surface area (Å²) in [6.45, 7) is 4.16. The lowest BCUT2D eigenvalue weighted by Crippen LogP contribution is -2.58. The molecule has 1 fully saturated rings. The van der Waals surface area contributed by atoms with Crippen LogP contribution in [-0.4, -0.2) is 75.6 Å². The molecule has 1 saturated carbocycles. The highest BCUT2D eigenvalue weighted by molar-refractivity contribution is 6.32. The van der Waals surface area contributed by atoms with Crippen molar-refractivity contribution in [1.29, 1.82) is 0 Å². The second-order valence-corrected chi connectivity index (χ2v) is 26.9. The van der Waals surface area contributed by atoms with E-state index >= 15 is 54.3 Å². The van der Waals surface area contributed by atoms with Crippen molar-refractivity contribution in [2.75, 3.05) is 0 Å². The summed E-state index contributed by atoms with van der Waals surface area (Å²) in [6, 6.07) is 18.2. The number of rotatable bonds is 14. The number of carboxylic acids is 1. The zero-order valence-electron chi connectivity index (χ0n) is 54.1. The number of quaternary nitrogens is 1. The number of hydrogen-bond donors (Lipinski definition) is 5. The van der Waals surface area contributed by atoms with Crippen molar-refractivity contribution in [3.8, 4) is 23.0 Å². The Kier molecular flexibility index (Phi) is 18.2. The van der Waals surface area contributed by atoms with E-state index in [2.05, 4.69) is 0 Å².